The number of alkyl carbamates (subject to hydrolysis) is 1. The van der Waals surface area contributed by atoms with Gasteiger partial charge in [0.05, 0.1) is 25.5 Å². The minimum Gasteiger partial charge on any atom is -0.449 e. The zero-order chi connectivity index (χ0) is 27.2. The van der Waals surface area contributed by atoms with Crippen molar-refractivity contribution < 1.29 is 14.3 Å². The van der Waals surface area contributed by atoms with Crippen molar-refractivity contribution in [1.29, 1.82) is 5.26 Å². The molecular formula is C28H33N7O3. The molecule has 2 heterocycles. The van der Waals surface area contributed by atoms with E-state index in [1.165, 1.54) is 0 Å². The second-order valence-corrected chi connectivity index (χ2v) is 8.51. The van der Waals surface area contributed by atoms with E-state index < -0.39 is 6.09 Å². The number of ether oxygens (including phenoxy) is 2. The topological polar surface area (TPSA) is 125 Å². The maximum absolute atomic E-state index is 12.3. The smallest absolute Gasteiger partial charge is 0.411 e. The molecule has 1 fully saturated rings. The fourth-order valence-corrected chi connectivity index (χ4v) is 3.49. The molecule has 0 unspecified atom stereocenters. The van der Waals surface area contributed by atoms with Crippen molar-refractivity contribution in [2.24, 2.45) is 5.10 Å². The van der Waals surface area contributed by atoms with Gasteiger partial charge in [0.15, 0.2) is 5.82 Å². The molecule has 1 amide bonds. The molecule has 1 aromatic heterocycles. The molecule has 198 valence electrons. The van der Waals surface area contributed by atoms with E-state index in [0.29, 0.717) is 42.5 Å². The van der Waals surface area contributed by atoms with Gasteiger partial charge in [0.1, 0.15) is 18.2 Å². The molecule has 1 aromatic carbocycles. The Hall–Kier alpha value is -4.49. The van der Waals surface area contributed by atoms with Crippen molar-refractivity contribution in [2.45, 2.75) is 27.2 Å². The van der Waals surface area contributed by atoms with Gasteiger partial charge >= 0.3 is 6.09 Å². The molecule has 0 bridgehead atoms. The summed E-state index contributed by atoms with van der Waals surface area (Å²) in [4.78, 5) is 23.7. The lowest BCUT2D eigenvalue weighted by molar-refractivity contribution is 0.122. The van der Waals surface area contributed by atoms with E-state index in [-0.39, 0.29) is 6.61 Å². The second-order valence-electron chi connectivity index (χ2n) is 8.51. The molecule has 0 radical (unpaired) electrons. The summed E-state index contributed by atoms with van der Waals surface area (Å²) in [5.41, 5.74) is 6.15. The molecule has 3 rings (SSSR count). The monoisotopic (exact) mass is 515 g/mol. The third-order valence-electron chi connectivity index (χ3n) is 5.37. The Labute approximate surface area is 223 Å². The molecule has 2 aromatic rings. The van der Waals surface area contributed by atoms with Crippen LogP contribution in [0.15, 0.2) is 71.0 Å². The third-order valence-corrected chi connectivity index (χ3v) is 5.37. The first-order chi connectivity index (χ1) is 18.5. The molecule has 1 aliphatic heterocycles. The Kier molecular flexibility index (Phi) is 11.0. The zero-order valence-electron chi connectivity index (χ0n) is 22.0. The van der Waals surface area contributed by atoms with Crippen molar-refractivity contribution in [3.8, 4) is 6.07 Å². The molecule has 10 nitrogen and oxygen atoms in total. The van der Waals surface area contributed by atoms with Crippen LogP contribution in [0.2, 0.25) is 0 Å². The van der Waals surface area contributed by atoms with E-state index >= 15 is 0 Å². The van der Waals surface area contributed by atoms with Gasteiger partial charge in [-0.25, -0.2) is 14.8 Å². The number of benzene rings is 1. The van der Waals surface area contributed by atoms with E-state index in [9.17, 15) is 4.79 Å². The molecule has 1 saturated heterocycles. The van der Waals surface area contributed by atoms with Gasteiger partial charge in [0.25, 0.3) is 0 Å². The number of nitrogens with one attached hydrogen (secondary N) is 2. The number of nitriles is 1. The predicted molar refractivity (Wildman–Crippen MR) is 148 cm³/mol. The highest BCUT2D eigenvalue weighted by molar-refractivity contribution is 5.80. The van der Waals surface area contributed by atoms with Gasteiger partial charge in [0, 0.05) is 36.8 Å². The van der Waals surface area contributed by atoms with Gasteiger partial charge in [-0.3, -0.25) is 10.7 Å². The van der Waals surface area contributed by atoms with Crippen molar-refractivity contribution >= 4 is 23.9 Å². The lowest BCUT2D eigenvalue weighted by Crippen LogP contribution is -2.37. The van der Waals surface area contributed by atoms with Crippen LogP contribution in [0, 0.1) is 18.3 Å². The minimum atomic E-state index is -0.609. The van der Waals surface area contributed by atoms with E-state index in [1.807, 2.05) is 50.2 Å². The highest BCUT2D eigenvalue weighted by Gasteiger charge is 2.15. The summed E-state index contributed by atoms with van der Waals surface area (Å²) in [5, 5.41) is 15.9. The number of carbonyl (C=O) groups excluding carboxylic acids is 1. The highest BCUT2D eigenvalue weighted by Crippen LogP contribution is 2.18. The zero-order valence-corrected chi connectivity index (χ0v) is 22.0. The van der Waals surface area contributed by atoms with E-state index in [2.05, 4.69) is 30.7 Å². The van der Waals surface area contributed by atoms with Crippen molar-refractivity contribution in [2.75, 3.05) is 43.2 Å². The first kappa shape index (κ1) is 28.1. The minimum absolute atomic E-state index is 0.0839. The molecule has 0 saturated carbocycles. The first-order valence-electron chi connectivity index (χ1n) is 12.4. The molecule has 38 heavy (non-hydrogen) atoms. The highest BCUT2D eigenvalue weighted by atomic mass is 16.5. The first-order valence-corrected chi connectivity index (χ1v) is 12.4. The van der Waals surface area contributed by atoms with Gasteiger partial charge in [-0.05, 0) is 44.6 Å². The van der Waals surface area contributed by atoms with Crippen LogP contribution in [0.1, 0.15) is 30.8 Å². The Balaban J connectivity index is 1.66. The van der Waals surface area contributed by atoms with Crippen LogP contribution >= 0.6 is 0 Å². The molecular weight excluding hydrogens is 482 g/mol. The second kappa shape index (κ2) is 14.9. The predicted octanol–water partition coefficient (Wildman–Crippen LogP) is 4.27. The van der Waals surface area contributed by atoms with Gasteiger partial charge in [-0.15, -0.1) is 0 Å². The van der Waals surface area contributed by atoms with E-state index in [1.54, 1.807) is 37.4 Å². The molecule has 1 aliphatic rings. The fourth-order valence-electron chi connectivity index (χ4n) is 3.49. The summed E-state index contributed by atoms with van der Waals surface area (Å²) in [5.74, 6) is 1.82. The van der Waals surface area contributed by atoms with Crippen molar-refractivity contribution in [3.05, 3.63) is 82.9 Å². The van der Waals surface area contributed by atoms with Gasteiger partial charge < -0.3 is 14.4 Å². The lowest BCUT2D eigenvalue weighted by Gasteiger charge is -2.28. The number of aryl methyl sites for hydroxylation is 1. The number of amides is 1. The SMILES string of the molecule is C\C=C/C(=C\C=C(/C)C#N)NC(=O)OCCc1nc(N/N=C/c2cccc(C)c2)cc(N2CCOCC2)n1. The lowest BCUT2D eigenvalue weighted by atomic mass is 10.2. The fraction of sp³-hybridized carbons (Fsp3) is 0.321. The number of morpholine rings is 1. The average Bonchev–Trinajstić information content (AvgIpc) is 2.92. The Morgan fingerprint density at radius 3 is 2.82 bits per heavy atom. The Morgan fingerprint density at radius 1 is 1.26 bits per heavy atom. The number of hydrogen-bond acceptors (Lipinski definition) is 9. The molecule has 0 atom stereocenters. The summed E-state index contributed by atoms with van der Waals surface area (Å²) in [6, 6.07) is 11.9. The van der Waals surface area contributed by atoms with Crippen LogP contribution in [-0.2, 0) is 15.9 Å². The van der Waals surface area contributed by atoms with Crippen LogP contribution in [0.25, 0.3) is 0 Å². The van der Waals surface area contributed by atoms with Crippen LogP contribution in [0.4, 0.5) is 16.4 Å². The molecule has 2 N–H and O–H groups in total. The number of hydrogen-bond donors (Lipinski definition) is 2. The van der Waals surface area contributed by atoms with Crippen LogP contribution in [0.3, 0.4) is 0 Å². The Morgan fingerprint density at radius 2 is 2.08 bits per heavy atom. The maximum atomic E-state index is 12.3. The summed E-state index contributed by atoms with van der Waals surface area (Å²) in [7, 11) is 0. The number of aromatic nitrogens is 2. The summed E-state index contributed by atoms with van der Waals surface area (Å²) in [6.07, 6.45) is 8.20. The summed E-state index contributed by atoms with van der Waals surface area (Å²) >= 11 is 0. The quantitative estimate of drug-likeness (QED) is 0.208. The third kappa shape index (κ3) is 9.52. The van der Waals surface area contributed by atoms with Crippen molar-refractivity contribution in [1.82, 2.24) is 15.3 Å². The Bertz CT molecular complexity index is 1260. The largest absolute Gasteiger partial charge is 0.449 e. The van der Waals surface area contributed by atoms with E-state index in [4.69, 9.17) is 14.7 Å². The van der Waals surface area contributed by atoms with Crippen LogP contribution in [0.5, 0.6) is 0 Å². The maximum Gasteiger partial charge on any atom is 0.411 e. The van der Waals surface area contributed by atoms with Gasteiger partial charge in [0.2, 0.25) is 0 Å². The van der Waals surface area contributed by atoms with Gasteiger partial charge in [-0.1, -0.05) is 35.9 Å². The summed E-state index contributed by atoms with van der Waals surface area (Å²) < 4.78 is 10.8. The normalized spacial score (nSPS) is 14.5. The van der Waals surface area contributed by atoms with Crippen LogP contribution in [-0.4, -0.2) is 55.2 Å². The molecule has 0 spiro atoms. The molecule has 0 aliphatic carbocycles. The molecule has 10 heteroatoms. The van der Waals surface area contributed by atoms with Gasteiger partial charge in [-0.2, -0.15) is 10.4 Å². The number of anilines is 2. The van der Waals surface area contributed by atoms with Crippen LogP contribution < -0.4 is 15.6 Å². The van der Waals surface area contributed by atoms with Crippen molar-refractivity contribution in [3.63, 3.8) is 0 Å². The van der Waals surface area contributed by atoms with E-state index in [0.717, 1.165) is 30.0 Å². The number of allylic oxidation sites excluding steroid dienone is 5. The average molecular weight is 516 g/mol. The number of nitrogens with zero attached hydrogens (tertiary/aromatic N) is 5. The number of hydrazone groups is 1. The number of rotatable bonds is 10. The standard InChI is InChI=1S/C28H33N7O3/c1-4-6-24(10-9-22(3)19-29)31-28(36)38-14-11-25-32-26(18-27(33-25)35-12-15-37-16-13-35)34-30-20-23-8-5-7-21(2)17-23/h4-10,17-18,20H,11-16H2,1-3H3,(H,31,36)(H,32,33,34)/b6-4-,22-9+,24-10+,30-20+. The summed E-state index contributed by atoms with van der Waals surface area (Å²) in [6.45, 7) is 8.33. The number of carbonyl (C=O) groups is 1.